The summed E-state index contributed by atoms with van der Waals surface area (Å²) in [6.07, 6.45) is 10.9. The smallest absolute Gasteiger partial charge is 0.272 e. The highest BCUT2D eigenvalue weighted by molar-refractivity contribution is 6.16. The molecule has 2 aliphatic carbocycles. The summed E-state index contributed by atoms with van der Waals surface area (Å²) in [5, 5.41) is 2.98. The molecular formula is C24H26N6O2. The zero-order valence-corrected chi connectivity index (χ0v) is 18.1. The highest BCUT2D eigenvalue weighted by Gasteiger charge is 2.49. The van der Waals surface area contributed by atoms with Gasteiger partial charge in [0, 0.05) is 49.5 Å². The second kappa shape index (κ2) is 7.48. The Labute approximate surface area is 186 Å². The summed E-state index contributed by atoms with van der Waals surface area (Å²) in [5.41, 5.74) is 4.09. The summed E-state index contributed by atoms with van der Waals surface area (Å²) in [5.74, 6) is -0.239. The van der Waals surface area contributed by atoms with E-state index >= 15 is 0 Å². The van der Waals surface area contributed by atoms with Crippen LogP contribution in [0.5, 0.6) is 0 Å². The first-order chi connectivity index (χ1) is 15.5. The van der Waals surface area contributed by atoms with E-state index in [0.29, 0.717) is 29.4 Å². The Bertz CT molecular complexity index is 1100. The minimum Gasteiger partial charge on any atom is -0.364 e. The largest absolute Gasteiger partial charge is 0.364 e. The topological polar surface area (TPSA) is 90.3 Å². The van der Waals surface area contributed by atoms with Crippen LogP contribution in [0.25, 0.3) is 0 Å². The normalized spacial score (nSPS) is 28.9. The fourth-order valence-corrected chi connectivity index (χ4v) is 4.78. The third-order valence-electron chi connectivity index (χ3n) is 6.84. The molecular weight excluding hydrogens is 404 g/mol. The molecule has 0 radical (unpaired) electrons. The number of nitrogens with one attached hydrogen (secondary N) is 1. The maximum atomic E-state index is 12.2. The zero-order chi connectivity index (χ0) is 21.8. The summed E-state index contributed by atoms with van der Waals surface area (Å²) in [6.45, 7) is 4.48. The first kappa shape index (κ1) is 19.5. The van der Waals surface area contributed by atoms with Crippen LogP contribution in [0.2, 0.25) is 0 Å². The van der Waals surface area contributed by atoms with E-state index in [2.05, 4.69) is 30.1 Å². The lowest BCUT2D eigenvalue weighted by Crippen LogP contribution is -2.47. The van der Waals surface area contributed by atoms with E-state index in [-0.39, 0.29) is 17.9 Å². The Kier molecular flexibility index (Phi) is 4.57. The molecule has 1 saturated heterocycles. The number of aromatic nitrogens is 1. The van der Waals surface area contributed by atoms with Crippen molar-refractivity contribution >= 4 is 29.4 Å². The van der Waals surface area contributed by atoms with Crippen molar-refractivity contribution in [3.05, 3.63) is 47.3 Å². The summed E-state index contributed by atoms with van der Waals surface area (Å²) in [7, 11) is 0. The number of hydrogen-bond donors (Lipinski definition) is 1. The van der Waals surface area contributed by atoms with Crippen molar-refractivity contribution in [1.29, 1.82) is 0 Å². The number of rotatable bonds is 5. The van der Waals surface area contributed by atoms with Crippen LogP contribution in [0.4, 0.5) is 5.69 Å². The molecule has 0 aromatic carbocycles. The predicted octanol–water partition coefficient (Wildman–Crippen LogP) is 1.54. The highest BCUT2D eigenvalue weighted by Crippen LogP contribution is 2.39. The van der Waals surface area contributed by atoms with Crippen LogP contribution in [-0.4, -0.2) is 77.4 Å². The van der Waals surface area contributed by atoms with Gasteiger partial charge in [0.05, 0.1) is 17.6 Å². The van der Waals surface area contributed by atoms with E-state index in [1.807, 2.05) is 36.7 Å². The molecule has 2 amide bonds. The van der Waals surface area contributed by atoms with Gasteiger partial charge in [-0.1, -0.05) is 0 Å². The number of fused-ring (bicyclic) bond motifs is 2. The fourth-order valence-electron chi connectivity index (χ4n) is 4.78. The van der Waals surface area contributed by atoms with E-state index in [0.717, 1.165) is 55.9 Å². The number of pyridine rings is 1. The molecule has 3 fully saturated rings. The van der Waals surface area contributed by atoms with E-state index in [1.165, 1.54) is 0 Å². The molecule has 1 unspecified atom stereocenters. The number of carbonyl (C=O) groups excluding carboxylic acids is 2. The lowest BCUT2D eigenvalue weighted by atomic mass is 10.00. The average Bonchev–Trinajstić information content (AvgIpc) is 3.70. The van der Waals surface area contributed by atoms with Crippen LogP contribution in [0.15, 0.2) is 51.6 Å². The average molecular weight is 431 g/mol. The Hall–Kier alpha value is -3.13. The molecule has 164 valence electrons. The molecule has 1 aromatic heterocycles. The van der Waals surface area contributed by atoms with Crippen molar-refractivity contribution in [3.63, 3.8) is 0 Å². The van der Waals surface area contributed by atoms with Gasteiger partial charge in [0.2, 0.25) is 0 Å². The number of nitrogens with zero attached hydrogens (tertiary/aromatic N) is 5. The minimum atomic E-state index is -0.163. The van der Waals surface area contributed by atoms with Crippen LogP contribution in [0.3, 0.4) is 0 Å². The second-order valence-electron chi connectivity index (χ2n) is 9.32. The number of piperazine rings is 1. The summed E-state index contributed by atoms with van der Waals surface area (Å²) < 4.78 is 0. The molecule has 3 aliphatic heterocycles. The van der Waals surface area contributed by atoms with E-state index in [1.54, 1.807) is 6.92 Å². The number of carbonyl (C=O) groups is 2. The lowest BCUT2D eigenvalue weighted by Gasteiger charge is -2.36. The molecule has 1 N–H and O–H groups in total. The maximum absolute atomic E-state index is 12.2. The molecule has 8 nitrogen and oxygen atoms in total. The Morgan fingerprint density at radius 2 is 2.09 bits per heavy atom. The van der Waals surface area contributed by atoms with E-state index in [9.17, 15) is 9.59 Å². The van der Waals surface area contributed by atoms with Gasteiger partial charge >= 0.3 is 0 Å². The van der Waals surface area contributed by atoms with Gasteiger partial charge < -0.3 is 10.2 Å². The number of aliphatic imine (C=N–C) groups is 2. The van der Waals surface area contributed by atoms with E-state index < -0.39 is 0 Å². The first-order valence-electron chi connectivity index (χ1n) is 11.4. The second-order valence-corrected chi connectivity index (χ2v) is 9.32. The van der Waals surface area contributed by atoms with Crippen LogP contribution < -0.4 is 10.2 Å². The van der Waals surface area contributed by atoms with Gasteiger partial charge in [0.15, 0.2) is 0 Å². The standard InChI is InChI=1S/C24H26N6O2/c1-14-8-19-20(28-23(14)31)9-15(11-25-19)13-29-6-7-30(22-10-21(22)29)17-4-5-18(26-12-17)24(32)27-16-2-3-16/h4-5,8-9,11-12,16,19,21-22H,2-3,6-7,10,13H2,1H3,(H,27,32)/t19?,21-,22+/m0/s1. The molecule has 6 rings (SSSR count). The van der Waals surface area contributed by atoms with Crippen LogP contribution in [0.1, 0.15) is 36.7 Å². The van der Waals surface area contributed by atoms with Crippen molar-refractivity contribution in [2.75, 3.05) is 24.5 Å². The Morgan fingerprint density at radius 3 is 2.88 bits per heavy atom. The molecule has 0 bridgehead atoms. The number of hydrogen-bond acceptors (Lipinski definition) is 6. The third-order valence-corrected chi connectivity index (χ3v) is 6.84. The minimum absolute atomic E-state index is 0.0762. The summed E-state index contributed by atoms with van der Waals surface area (Å²) in [6, 6.07) is 5.05. The molecule has 1 aromatic rings. The number of anilines is 1. The quantitative estimate of drug-likeness (QED) is 0.765. The highest BCUT2D eigenvalue weighted by atomic mass is 16.2. The molecule has 3 atom stereocenters. The SMILES string of the molecule is CC1=CC2N=CC(CN3CCN(c4ccc(C(=O)NC5CC5)nc4)[C@@H]4C[C@@H]43)=CC2=NC1=O. The lowest BCUT2D eigenvalue weighted by molar-refractivity contribution is -0.114. The number of amides is 2. The summed E-state index contributed by atoms with van der Waals surface area (Å²) in [4.78, 5) is 42.2. The van der Waals surface area contributed by atoms with Crippen molar-refractivity contribution in [2.24, 2.45) is 9.98 Å². The third kappa shape index (κ3) is 3.68. The van der Waals surface area contributed by atoms with Crippen LogP contribution in [-0.2, 0) is 4.79 Å². The van der Waals surface area contributed by atoms with Gasteiger partial charge in [-0.15, -0.1) is 0 Å². The first-order valence-corrected chi connectivity index (χ1v) is 11.4. The molecule has 32 heavy (non-hydrogen) atoms. The number of dihydropyridines is 2. The van der Waals surface area contributed by atoms with Crippen molar-refractivity contribution in [1.82, 2.24) is 15.2 Å². The fraction of sp³-hybridized carbons (Fsp3) is 0.458. The van der Waals surface area contributed by atoms with Crippen molar-refractivity contribution in [2.45, 2.75) is 50.4 Å². The predicted molar refractivity (Wildman–Crippen MR) is 122 cm³/mol. The van der Waals surface area contributed by atoms with Crippen LogP contribution in [0, 0.1) is 0 Å². The van der Waals surface area contributed by atoms with Gasteiger partial charge in [0.1, 0.15) is 11.7 Å². The van der Waals surface area contributed by atoms with Gasteiger partial charge in [0.25, 0.3) is 11.8 Å². The monoisotopic (exact) mass is 430 g/mol. The maximum Gasteiger partial charge on any atom is 0.272 e. The molecule has 5 aliphatic rings. The van der Waals surface area contributed by atoms with Gasteiger partial charge in [-0.25, -0.2) is 9.98 Å². The van der Waals surface area contributed by atoms with Gasteiger partial charge in [-0.3, -0.25) is 19.5 Å². The van der Waals surface area contributed by atoms with Crippen LogP contribution >= 0.6 is 0 Å². The van der Waals surface area contributed by atoms with Crippen molar-refractivity contribution in [3.8, 4) is 0 Å². The molecule has 8 heteroatoms. The zero-order valence-electron chi connectivity index (χ0n) is 18.1. The molecule has 0 spiro atoms. The van der Waals surface area contributed by atoms with E-state index in [4.69, 9.17) is 0 Å². The van der Waals surface area contributed by atoms with Crippen molar-refractivity contribution < 1.29 is 9.59 Å². The molecule has 2 saturated carbocycles. The molecule has 4 heterocycles. The summed E-state index contributed by atoms with van der Waals surface area (Å²) >= 11 is 0. The Morgan fingerprint density at radius 1 is 1.22 bits per heavy atom. The Balaban J connectivity index is 1.08. The van der Waals surface area contributed by atoms with Gasteiger partial charge in [-0.05, 0) is 56.0 Å². The van der Waals surface area contributed by atoms with Gasteiger partial charge in [-0.2, -0.15) is 0 Å².